The van der Waals surface area contributed by atoms with Crippen LogP contribution in [0.5, 0.6) is 0 Å². The van der Waals surface area contributed by atoms with Gasteiger partial charge in [0.2, 0.25) is 5.60 Å². The summed E-state index contributed by atoms with van der Waals surface area (Å²) in [4.78, 5) is 18.4. The lowest BCUT2D eigenvalue weighted by molar-refractivity contribution is -0.146. The minimum Gasteiger partial charge on any atom is -0.328 e. The molecule has 1 amide bonds. The van der Waals surface area contributed by atoms with Crippen LogP contribution in [0.25, 0.3) is 6.08 Å². The minimum absolute atomic E-state index is 0.0889. The van der Waals surface area contributed by atoms with Crippen LogP contribution in [0.2, 0.25) is 0 Å². The molecule has 3 aliphatic rings. The van der Waals surface area contributed by atoms with E-state index in [1.807, 2.05) is 84.9 Å². The van der Waals surface area contributed by atoms with Gasteiger partial charge in [0.1, 0.15) is 0 Å². The number of benzene rings is 4. The number of fused-ring (bicyclic) bond motifs is 8. The van der Waals surface area contributed by atoms with E-state index in [1.54, 1.807) is 4.90 Å². The number of hydrogen-bond donors (Lipinski definition) is 0. The Labute approximate surface area is 192 Å². The van der Waals surface area contributed by atoms with Gasteiger partial charge in [0.15, 0.2) is 6.23 Å². The second-order valence-corrected chi connectivity index (χ2v) is 8.51. The van der Waals surface area contributed by atoms with Crippen LogP contribution in [-0.2, 0) is 15.1 Å². The lowest BCUT2D eigenvalue weighted by atomic mass is 9.83. The zero-order chi connectivity index (χ0) is 22.0. The molecule has 0 saturated carbocycles. The third-order valence-electron chi connectivity index (χ3n) is 6.82. The monoisotopic (exact) mass is 428 g/mol. The number of amides is 1. The average Bonchev–Trinajstić information content (AvgIpc) is 3.13. The molecule has 0 fully saturated rings. The molecule has 3 heterocycles. The normalized spacial score (nSPS) is 22.1. The SMILES string of the molecule is O=C1N(c2ccccc2)c2ccccc2[C@]12O[C@H]1c3ccccc3C=CN1c1ccccc12. The van der Waals surface area contributed by atoms with Crippen molar-refractivity contribution in [1.82, 2.24) is 0 Å². The van der Waals surface area contributed by atoms with E-state index in [1.165, 1.54) is 0 Å². The third-order valence-corrected chi connectivity index (χ3v) is 6.82. The Morgan fingerprint density at radius 2 is 1.33 bits per heavy atom. The molecule has 4 heteroatoms. The summed E-state index contributed by atoms with van der Waals surface area (Å²) in [6.45, 7) is 0. The highest BCUT2D eigenvalue weighted by molar-refractivity contribution is 6.14. The van der Waals surface area contributed by atoms with E-state index >= 15 is 0 Å². The summed E-state index contributed by atoms with van der Waals surface area (Å²) < 4.78 is 6.97. The molecule has 7 rings (SSSR count). The molecule has 0 unspecified atom stereocenters. The number of hydrogen-bond acceptors (Lipinski definition) is 3. The number of carbonyl (C=O) groups is 1. The summed E-state index contributed by atoms with van der Waals surface area (Å²) in [5.74, 6) is -0.0889. The smallest absolute Gasteiger partial charge is 0.273 e. The van der Waals surface area contributed by atoms with E-state index in [4.69, 9.17) is 4.74 Å². The van der Waals surface area contributed by atoms with Crippen molar-refractivity contribution >= 4 is 29.0 Å². The maximum atomic E-state index is 14.5. The molecule has 2 atom stereocenters. The van der Waals surface area contributed by atoms with Crippen molar-refractivity contribution in [2.45, 2.75) is 11.8 Å². The fourth-order valence-electron chi connectivity index (χ4n) is 5.39. The molecule has 0 bridgehead atoms. The Kier molecular flexibility index (Phi) is 3.73. The molecule has 4 aromatic carbocycles. The second kappa shape index (κ2) is 6.67. The van der Waals surface area contributed by atoms with Crippen LogP contribution in [0.1, 0.15) is 28.5 Å². The Morgan fingerprint density at radius 3 is 2.15 bits per heavy atom. The molecule has 158 valence electrons. The number of carbonyl (C=O) groups excluding carboxylic acids is 1. The summed E-state index contributed by atoms with van der Waals surface area (Å²) in [7, 11) is 0. The summed E-state index contributed by atoms with van der Waals surface area (Å²) >= 11 is 0. The highest BCUT2D eigenvalue weighted by atomic mass is 16.5. The molecule has 0 aliphatic carbocycles. The zero-order valence-corrected chi connectivity index (χ0v) is 17.8. The van der Waals surface area contributed by atoms with Gasteiger partial charge in [-0.05, 0) is 35.9 Å². The molecular formula is C29H20N2O2. The fourth-order valence-corrected chi connectivity index (χ4v) is 5.39. The Morgan fingerprint density at radius 1 is 0.697 bits per heavy atom. The van der Waals surface area contributed by atoms with Crippen molar-refractivity contribution in [3.8, 4) is 0 Å². The number of anilines is 3. The molecular weight excluding hydrogens is 408 g/mol. The van der Waals surface area contributed by atoms with Crippen molar-refractivity contribution in [3.63, 3.8) is 0 Å². The van der Waals surface area contributed by atoms with Crippen molar-refractivity contribution in [1.29, 1.82) is 0 Å². The molecule has 0 saturated heterocycles. The van der Waals surface area contributed by atoms with Gasteiger partial charge in [-0.2, -0.15) is 0 Å². The van der Waals surface area contributed by atoms with Crippen LogP contribution >= 0.6 is 0 Å². The third kappa shape index (κ3) is 2.36. The van der Waals surface area contributed by atoms with Crippen LogP contribution < -0.4 is 9.80 Å². The van der Waals surface area contributed by atoms with E-state index in [2.05, 4.69) is 35.4 Å². The molecule has 0 aromatic heterocycles. The molecule has 0 radical (unpaired) electrons. The van der Waals surface area contributed by atoms with E-state index < -0.39 is 11.8 Å². The number of nitrogens with zero attached hydrogens (tertiary/aromatic N) is 2. The molecule has 33 heavy (non-hydrogen) atoms. The molecule has 1 spiro atoms. The maximum absolute atomic E-state index is 14.5. The molecule has 4 aromatic rings. The topological polar surface area (TPSA) is 32.8 Å². The highest BCUT2D eigenvalue weighted by Gasteiger charge is 2.59. The van der Waals surface area contributed by atoms with E-state index in [0.717, 1.165) is 39.3 Å². The Hall–Kier alpha value is -4.15. The summed E-state index contributed by atoms with van der Waals surface area (Å²) in [5, 5.41) is 0. The van der Waals surface area contributed by atoms with Crippen LogP contribution in [0.3, 0.4) is 0 Å². The molecule has 4 nitrogen and oxygen atoms in total. The van der Waals surface area contributed by atoms with Crippen LogP contribution in [0.4, 0.5) is 17.1 Å². The standard InChI is InChI=1S/C29H20N2O2/c32-28-29(24-15-7-9-17-26(24)31(28)21-11-2-1-3-12-21)23-14-6-8-16-25(23)30-19-18-20-10-4-5-13-22(20)27(30)33-29/h1-19,27H/t27-,29-/m0/s1. The predicted molar refractivity (Wildman–Crippen MR) is 129 cm³/mol. The largest absolute Gasteiger partial charge is 0.328 e. The maximum Gasteiger partial charge on any atom is 0.273 e. The summed E-state index contributed by atoms with van der Waals surface area (Å²) in [5.41, 5.74) is 5.33. The predicted octanol–water partition coefficient (Wildman–Crippen LogP) is 6.13. The van der Waals surface area contributed by atoms with E-state index in [0.29, 0.717) is 0 Å². The Balaban J connectivity index is 1.52. The van der Waals surface area contributed by atoms with E-state index in [9.17, 15) is 4.79 Å². The lowest BCUT2D eigenvalue weighted by Crippen LogP contribution is -2.49. The second-order valence-electron chi connectivity index (χ2n) is 8.51. The van der Waals surface area contributed by atoms with Crippen molar-refractivity contribution in [3.05, 3.63) is 132 Å². The molecule has 3 aliphatic heterocycles. The summed E-state index contributed by atoms with van der Waals surface area (Å²) in [6, 6.07) is 34.1. The quantitative estimate of drug-likeness (QED) is 0.366. The van der Waals surface area contributed by atoms with Crippen molar-refractivity contribution < 1.29 is 9.53 Å². The fraction of sp³-hybridized carbons (Fsp3) is 0.0690. The minimum atomic E-state index is -1.23. The van der Waals surface area contributed by atoms with Gasteiger partial charge in [0.25, 0.3) is 5.91 Å². The first kappa shape index (κ1) is 18.4. The van der Waals surface area contributed by atoms with Crippen LogP contribution in [0.15, 0.2) is 109 Å². The number of rotatable bonds is 1. The first-order valence-electron chi connectivity index (χ1n) is 11.1. The van der Waals surface area contributed by atoms with Gasteiger partial charge >= 0.3 is 0 Å². The first-order valence-corrected chi connectivity index (χ1v) is 11.1. The highest BCUT2D eigenvalue weighted by Crippen LogP contribution is 2.57. The zero-order valence-electron chi connectivity index (χ0n) is 17.8. The van der Waals surface area contributed by atoms with Gasteiger partial charge < -0.3 is 9.64 Å². The molecule has 0 N–H and O–H groups in total. The van der Waals surface area contributed by atoms with Gasteiger partial charge in [-0.3, -0.25) is 9.69 Å². The Bertz CT molecular complexity index is 1440. The van der Waals surface area contributed by atoms with E-state index in [-0.39, 0.29) is 5.91 Å². The van der Waals surface area contributed by atoms with Crippen molar-refractivity contribution in [2.24, 2.45) is 0 Å². The summed E-state index contributed by atoms with van der Waals surface area (Å²) in [6.07, 6.45) is 3.75. The van der Waals surface area contributed by atoms with Gasteiger partial charge in [0, 0.05) is 28.6 Å². The lowest BCUT2D eigenvalue weighted by Gasteiger charge is -2.46. The van der Waals surface area contributed by atoms with Crippen LogP contribution in [-0.4, -0.2) is 5.91 Å². The van der Waals surface area contributed by atoms with Gasteiger partial charge in [-0.1, -0.05) is 78.9 Å². The van der Waals surface area contributed by atoms with Gasteiger partial charge in [0.05, 0.1) is 11.4 Å². The van der Waals surface area contributed by atoms with Crippen molar-refractivity contribution in [2.75, 3.05) is 9.80 Å². The first-order chi connectivity index (χ1) is 16.3. The number of ether oxygens (including phenoxy) is 1. The van der Waals surface area contributed by atoms with Crippen LogP contribution in [0, 0.1) is 0 Å². The van der Waals surface area contributed by atoms with Gasteiger partial charge in [-0.15, -0.1) is 0 Å². The average molecular weight is 428 g/mol. The number of para-hydroxylation sites is 3. The van der Waals surface area contributed by atoms with Gasteiger partial charge in [-0.25, -0.2) is 0 Å².